The van der Waals surface area contributed by atoms with E-state index in [9.17, 15) is 14.4 Å². The molecule has 0 aromatic carbocycles. The van der Waals surface area contributed by atoms with Crippen LogP contribution in [-0.4, -0.2) is 46.9 Å². The lowest BCUT2D eigenvalue weighted by Gasteiger charge is -2.27. The third-order valence-electron chi connectivity index (χ3n) is 4.48. The Morgan fingerprint density at radius 2 is 1.83 bits per heavy atom. The Labute approximate surface area is 136 Å². The van der Waals surface area contributed by atoms with Crippen LogP contribution in [0.2, 0.25) is 0 Å². The molecule has 0 saturated carbocycles. The van der Waals surface area contributed by atoms with Crippen LogP contribution in [-0.2, 0) is 14.4 Å². The third kappa shape index (κ3) is 3.80. The Balaban J connectivity index is 2.16. The maximum atomic E-state index is 12.7. The molecule has 0 radical (unpaired) electrons. The molecule has 128 valence electrons. The fourth-order valence-corrected chi connectivity index (χ4v) is 3.32. The van der Waals surface area contributed by atoms with E-state index in [1.165, 1.54) is 4.90 Å². The molecule has 2 aliphatic rings. The van der Waals surface area contributed by atoms with Gasteiger partial charge in [0.2, 0.25) is 17.7 Å². The quantitative estimate of drug-likeness (QED) is 0.413. The summed E-state index contributed by atoms with van der Waals surface area (Å²) in [5.41, 5.74) is 0. The van der Waals surface area contributed by atoms with Crippen LogP contribution in [0.1, 0.15) is 39.5 Å². The molecule has 0 aromatic rings. The van der Waals surface area contributed by atoms with Gasteiger partial charge in [0.25, 0.3) is 0 Å². The van der Waals surface area contributed by atoms with Crippen molar-refractivity contribution in [2.45, 2.75) is 45.6 Å². The maximum absolute atomic E-state index is 12.7. The van der Waals surface area contributed by atoms with Crippen LogP contribution in [0.3, 0.4) is 0 Å². The first-order chi connectivity index (χ1) is 11.0. The Bertz CT molecular complexity index is 475. The van der Waals surface area contributed by atoms with Crippen LogP contribution in [0.5, 0.6) is 0 Å². The van der Waals surface area contributed by atoms with Crippen molar-refractivity contribution >= 4 is 17.7 Å². The third-order valence-corrected chi connectivity index (χ3v) is 4.48. The average molecular weight is 322 g/mol. The predicted octanol–water partition coefficient (Wildman–Crippen LogP) is 0.851. The maximum Gasteiger partial charge on any atom is 0.243 e. The lowest BCUT2D eigenvalue weighted by Crippen LogP contribution is -2.50. The van der Waals surface area contributed by atoms with Gasteiger partial charge in [0.05, 0.1) is 11.8 Å². The number of amides is 3. The highest BCUT2D eigenvalue weighted by atomic mass is 16.3. The summed E-state index contributed by atoms with van der Waals surface area (Å²) in [5.74, 6) is -1.18. The van der Waals surface area contributed by atoms with E-state index in [4.69, 9.17) is 5.11 Å². The van der Waals surface area contributed by atoms with Gasteiger partial charge < -0.3 is 10.4 Å². The Kier molecular flexibility index (Phi) is 5.93. The van der Waals surface area contributed by atoms with Gasteiger partial charge in [-0.25, -0.2) is 0 Å². The molecule has 1 aliphatic carbocycles. The minimum absolute atomic E-state index is 0.00742. The van der Waals surface area contributed by atoms with E-state index in [0.717, 1.165) is 0 Å². The van der Waals surface area contributed by atoms with Crippen LogP contribution in [0.25, 0.3) is 0 Å². The first-order valence-corrected chi connectivity index (χ1v) is 8.37. The number of rotatable bonds is 7. The molecule has 0 bridgehead atoms. The fourth-order valence-electron chi connectivity index (χ4n) is 3.32. The second-order valence-corrected chi connectivity index (χ2v) is 6.72. The van der Waals surface area contributed by atoms with Gasteiger partial charge in [-0.05, 0) is 31.6 Å². The first-order valence-electron chi connectivity index (χ1n) is 8.37. The van der Waals surface area contributed by atoms with Crippen molar-refractivity contribution < 1.29 is 19.5 Å². The molecule has 3 atom stereocenters. The summed E-state index contributed by atoms with van der Waals surface area (Å²) >= 11 is 0. The number of imide groups is 1. The lowest BCUT2D eigenvalue weighted by molar-refractivity contribution is -0.148. The van der Waals surface area contributed by atoms with Crippen molar-refractivity contribution in [1.29, 1.82) is 0 Å². The highest BCUT2D eigenvalue weighted by molar-refractivity contribution is 6.08. The van der Waals surface area contributed by atoms with E-state index in [2.05, 4.69) is 5.32 Å². The smallest absolute Gasteiger partial charge is 0.243 e. The summed E-state index contributed by atoms with van der Waals surface area (Å²) < 4.78 is 0. The van der Waals surface area contributed by atoms with E-state index in [1.807, 2.05) is 26.0 Å². The molecule has 3 unspecified atom stereocenters. The molecule has 3 amide bonds. The second kappa shape index (κ2) is 7.73. The number of nitrogens with zero attached hydrogens (tertiary/aromatic N) is 1. The Morgan fingerprint density at radius 3 is 2.30 bits per heavy atom. The highest BCUT2D eigenvalue weighted by Crippen LogP contribution is 2.37. The molecule has 6 heteroatoms. The molecular weight excluding hydrogens is 296 g/mol. The molecule has 1 aliphatic heterocycles. The number of hydrogen-bond acceptors (Lipinski definition) is 4. The summed E-state index contributed by atoms with van der Waals surface area (Å²) in [6, 6.07) is -0.751. The van der Waals surface area contributed by atoms with Gasteiger partial charge in [-0.1, -0.05) is 26.0 Å². The van der Waals surface area contributed by atoms with E-state index >= 15 is 0 Å². The molecule has 0 spiro atoms. The van der Waals surface area contributed by atoms with Gasteiger partial charge in [0.1, 0.15) is 6.04 Å². The predicted molar refractivity (Wildman–Crippen MR) is 85.2 cm³/mol. The normalized spacial score (nSPS) is 25.0. The number of aliphatic hydroxyl groups is 1. The Morgan fingerprint density at radius 1 is 1.26 bits per heavy atom. The van der Waals surface area contributed by atoms with Crippen LogP contribution < -0.4 is 5.32 Å². The van der Waals surface area contributed by atoms with E-state index < -0.39 is 6.04 Å². The molecule has 1 fully saturated rings. The minimum Gasteiger partial charge on any atom is -0.396 e. The number of allylic oxidation sites excluding steroid dienone is 2. The highest BCUT2D eigenvalue weighted by Gasteiger charge is 2.51. The number of aliphatic hydroxyl groups excluding tert-OH is 1. The lowest BCUT2D eigenvalue weighted by atomic mass is 9.85. The van der Waals surface area contributed by atoms with Crippen molar-refractivity contribution in [2.75, 3.05) is 13.2 Å². The van der Waals surface area contributed by atoms with Crippen LogP contribution in [0, 0.1) is 17.8 Å². The van der Waals surface area contributed by atoms with Crippen molar-refractivity contribution in [2.24, 2.45) is 17.8 Å². The summed E-state index contributed by atoms with van der Waals surface area (Å²) in [6.45, 7) is 4.27. The molecule has 2 N–H and O–H groups in total. The molecular formula is C17H26N2O4. The van der Waals surface area contributed by atoms with Crippen LogP contribution >= 0.6 is 0 Å². The molecule has 23 heavy (non-hydrogen) atoms. The second-order valence-electron chi connectivity index (χ2n) is 6.72. The van der Waals surface area contributed by atoms with Gasteiger partial charge >= 0.3 is 0 Å². The van der Waals surface area contributed by atoms with Crippen molar-refractivity contribution in [3.63, 3.8) is 0 Å². The largest absolute Gasteiger partial charge is 0.396 e. The summed E-state index contributed by atoms with van der Waals surface area (Å²) in [6.07, 6.45) is 5.94. The fraction of sp³-hybridized carbons (Fsp3) is 0.706. The number of nitrogens with one attached hydrogen (secondary N) is 1. The molecule has 2 rings (SSSR count). The zero-order chi connectivity index (χ0) is 17.0. The topological polar surface area (TPSA) is 86.7 Å². The standard InChI is InChI=1S/C17H26N2O4/c1-11(2)10-14(15(21)18-8-5-9-20)19-16(22)12-6-3-4-7-13(12)17(19)23/h3-4,11-14,20H,5-10H2,1-2H3,(H,18,21). The van der Waals surface area contributed by atoms with Crippen molar-refractivity contribution in [1.82, 2.24) is 10.2 Å². The zero-order valence-corrected chi connectivity index (χ0v) is 13.8. The number of hydrogen-bond donors (Lipinski definition) is 2. The number of carbonyl (C=O) groups excluding carboxylic acids is 3. The SMILES string of the molecule is CC(C)CC(C(=O)NCCCO)N1C(=O)C2CC=CCC2C1=O. The van der Waals surface area contributed by atoms with Gasteiger partial charge in [0, 0.05) is 13.2 Å². The minimum atomic E-state index is -0.751. The molecule has 6 nitrogen and oxygen atoms in total. The summed E-state index contributed by atoms with van der Waals surface area (Å²) in [5, 5.41) is 11.5. The summed E-state index contributed by atoms with van der Waals surface area (Å²) in [7, 11) is 0. The number of likely N-dealkylation sites (tertiary alicyclic amines) is 1. The number of fused-ring (bicyclic) bond motifs is 1. The number of carbonyl (C=O) groups is 3. The van der Waals surface area contributed by atoms with Crippen molar-refractivity contribution in [3.8, 4) is 0 Å². The van der Waals surface area contributed by atoms with Gasteiger partial charge in [-0.2, -0.15) is 0 Å². The van der Waals surface area contributed by atoms with Gasteiger partial charge in [0.15, 0.2) is 0 Å². The first kappa shape index (κ1) is 17.7. The summed E-state index contributed by atoms with van der Waals surface area (Å²) in [4.78, 5) is 39.0. The molecule has 1 heterocycles. The zero-order valence-electron chi connectivity index (χ0n) is 13.8. The van der Waals surface area contributed by atoms with Crippen LogP contribution in [0.15, 0.2) is 12.2 Å². The van der Waals surface area contributed by atoms with Gasteiger partial charge in [-0.3, -0.25) is 19.3 Å². The van der Waals surface area contributed by atoms with Crippen molar-refractivity contribution in [3.05, 3.63) is 12.2 Å². The Hall–Kier alpha value is -1.69. The van der Waals surface area contributed by atoms with Gasteiger partial charge in [-0.15, -0.1) is 0 Å². The van der Waals surface area contributed by atoms with E-state index in [-0.39, 0.29) is 42.1 Å². The van der Waals surface area contributed by atoms with E-state index in [0.29, 0.717) is 32.2 Å². The van der Waals surface area contributed by atoms with E-state index in [1.54, 1.807) is 0 Å². The van der Waals surface area contributed by atoms with Crippen LogP contribution in [0.4, 0.5) is 0 Å². The molecule has 1 saturated heterocycles. The monoisotopic (exact) mass is 322 g/mol. The molecule has 0 aromatic heterocycles. The average Bonchev–Trinajstić information content (AvgIpc) is 2.77.